The Balaban J connectivity index is 1.76. The van der Waals surface area contributed by atoms with Crippen molar-refractivity contribution in [2.75, 3.05) is 13.6 Å². The Kier molecular flexibility index (Phi) is 4.43. The molecule has 0 unspecified atom stereocenters. The van der Waals surface area contributed by atoms with E-state index < -0.39 is 0 Å². The second kappa shape index (κ2) is 6.06. The molecule has 2 rings (SSSR count). The lowest BCUT2D eigenvalue weighted by atomic mass is 9.82. The van der Waals surface area contributed by atoms with E-state index in [0.717, 1.165) is 24.9 Å². The van der Waals surface area contributed by atoms with Crippen LogP contribution in [0.3, 0.4) is 0 Å². The molecule has 1 amide bonds. The van der Waals surface area contributed by atoms with Crippen LogP contribution in [0.1, 0.15) is 24.8 Å². The van der Waals surface area contributed by atoms with Gasteiger partial charge in [0.1, 0.15) is 5.75 Å². The molecule has 0 atom stereocenters. The number of carbonyl (C=O) groups is 1. The van der Waals surface area contributed by atoms with Gasteiger partial charge in [-0.15, -0.1) is 0 Å². The molecule has 0 saturated heterocycles. The maximum atomic E-state index is 12.0. The minimum atomic E-state index is -0.172. The normalized spacial score (nSPS) is 21.8. The van der Waals surface area contributed by atoms with E-state index in [-0.39, 0.29) is 17.8 Å². The van der Waals surface area contributed by atoms with Crippen LogP contribution in [0.4, 0.5) is 0 Å². The van der Waals surface area contributed by atoms with Crippen molar-refractivity contribution in [1.29, 1.82) is 0 Å². The number of para-hydroxylation sites is 1. The van der Waals surface area contributed by atoms with Crippen molar-refractivity contribution in [3.63, 3.8) is 0 Å². The van der Waals surface area contributed by atoms with Crippen molar-refractivity contribution in [3.05, 3.63) is 29.8 Å². The van der Waals surface area contributed by atoms with Crippen LogP contribution in [0, 0.1) is 5.92 Å². The number of aryl methyl sites for hydroxylation is 1. The van der Waals surface area contributed by atoms with Crippen molar-refractivity contribution < 1.29 is 15.0 Å². The number of phenolic OH excluding ortho intramolecular Hbond substituents is 1. The van der Waals surface area contributed by atoms with Crippen LogP contribution >= 0.6 is 0 Å². The van der Waals surface area contributed by atoms with Gasteiger partial charge in [0.15, 0.2) is 0 Å². The third-order valence-electron chi connectivity index (χ3n) is 3.77. The van der Waals surface area contributed by atoms with Crippen molar-refractivity contribution in [2.45, 2.75) is 31.8 Å². The summed E-state index contributed by atoms with van der Waals surface area (Å²) in [7, 11) is 1.80. The molecule has 2 N–H and O–H groups in total. The van der Waals surface area contributed by atoms with Gasteiger partial charge < -0.3 is 15.1 Å². The first kappa shape index (κ1) is 13.9. The first-order valence-corrected chi connectivity index (χ1v) is 6.75. The Hall–Kier alpha value is -1.55. The standard InChI is InChI=1S/C15H21NO3/c1-16(10-11-8-13(17)9-11)15(19)7-6-12-4-2-3-5-14(12)18/h2-5,11,13,17-18H,6-10H2,1H3. The molecule has 104 valence electrons. The summed E-state index contributed by atoms with van der Waals surface area (Å²) in [5, 5.41) is 18.9. The van der Waals surface area contributed by atoms with E-state index >= 15 is 0 Å². The first-order chi connectivity index (χ1) is 9.06. The molecule has 1 aliphatic rings. The number of amides is 1. The Morgan fingerprint density at radius 1 is 1.37 bits per heavy atom. The topological polar surface area (TPSA) is 60.8 Å². The molecule has 4 heteroatoms. The van der Waals surface area contributed by atoms with E-state index in [9.17, 15) is 15.0 Å². The fraction of sp³-hybridized carbons (Fsp3) is 0.533. The minimum Gasteiger partial charge on any atom is -0.508 e. The maximum absolute atomic E-state index is 12.0. The number of aromatic hydroxyl groups is 1. The number of rotatable bonds is 5. The molecular weight excluding hydrogens is 242 g/mol. The molecular formula is C15H21NO3. The van der Waals surface area contributed by atoms with Crippen molar-refractivity contribution in [3.8, 4) is 5.75 Å². The third-order valence-corrected chi connectivity index (χ3v) is 3.77. The number of hydrogen-bond acceptors (Lipinski definition) is 3. The molecule has 1 aromatic rings. The number of hydrogen-bond donors (Lipinski definition) is 2. The average molecular weight is 263 g/mol. The van der Waals surface area contributed by atoms with E-state index in [1.54, 1.807) is 24.1 Å². The van der Waals surface area contributed by atoms with Gasteiger partial charge in [-0.1, -0.05) is 18.2 Å². The van der Waals surface area contributed by atoms with Gasteiger partial charge in [0.05, 0.1) is 6.10 Å². The quantitative estimate of drug-likeness (QED) is 0.847. The zero-order chi connectivity index (χ0) is 13.8. The molecule has 19 heavy (non-hydrogen) atoms. The lowest BCUT2D eigenvalue weighted by molar-refractivity contribution is -0.131. The lowest BCUT2D eigenvalue weighted by Crippen LogP contribution is -2.39. The van der Waals surface area contributed by atoms with Crippen LogP contribution in [0.25, 0.3) is 0 Å². The van der Waals surface area contributed by atoms with Crippen LogP contribution in [0.5, 0.6) is 5.75 Å². The molecule has 0 aliphatic heterocycles. The zero-order valence-electron chi connectivity index (χ0n) is 11.2. The van der Waals surface area contributed by atoms with Gasteiger partial charge in [-0.2, -0.15) is 0 Å². The highest BCUT2D eigenvalue weighted by molar-refractivity contribution is 5.76. The van der Waals surface area contributed by atoms with Gasteiger partial charge in [0.2, 0.25) is 5.91 Å². The van der Waals surface area contributed by atoms with Gasteiger partial charge in [-0.05, 0) is 36.8 Å². The lowest BCUT2D eigenvalue weighted by Gasteiger charge is -2.34. The van der Waals surface area contributed by atoms with Crippen LogP contribution in [-0.2, 0) is 11.2 Å². The monoisotopic (exact) mass is 263 g/mol. The SMILES string of the molecule is CN(CC1CC(O)C1)C(=O)CCc1ccccc1O. The predicted molar refractivity (Wildman–Crippen MR) is 72.8 cm³/mol. The highest BCUT2D eigenvalue weighted by atomic mass is 16.3. The Bertz CT molecular complexity index is 441. The molecule has 0 bridgehead atoms. The highest BCUT2D eigenvalue weighted by Gasteiger charge is 2.28. The summed E-state index contributed by atoms with van der Waals surface area (Å²) in [6, 6.07) is 7.11. The van der Waals surface area contributed by atoms with E-state index in [4.69, 9.17) is 0 Å². The van der Waals surface area contributed by atoms with Gasteiger partial charge in [0.25, 0.3) is 0 Å². The van der Waals surface area contributed by atoms with Gasteiger partial charge >= 0.3 is 0 Å². The summed E-state index contributed by atoms with van der Waals surface area (Å²) >= 11 is 0. The molecule has 0 aromatic heterocycles. The second-order valence-electron chi connectivity index (χ2n) is 5.39. The average Bonchev–Trinajstić information content (AvgIpc) is 2.35. The number of carbonyl (C=O) groups excluding carboxylic acids is 1. The Labute approximate surface area is 113 Å². The number of aliphatic hydroxyl groups is 1. The van der Waals surface area contributed by atoms with Crippen LogP contribution in [0.2, 0.25) is 0 Å². The molecule has 0 heterocycles. The molecule has 1 fully saturated rings. The first-order valence-electron chi connectivity index (χ1n) is 6.75. The van der Waals surface area contributed by atoms with Crippen LogP contribution in [0.15, 0.2) is 24.3 Å². The smallest absolute Gasteiger partial charge is 0.222 e. The summed E-state index contributed by atoms with van der Waals surface area (Å²) in [5.41, 5.74) is 0.809. The Morgan fingerprint density at radius 2 is 2.05 bits per heavy atom. The highest BCUT2D eigenvalue weighted by Crippen LogP contribution is 2.27. The third kappa shape index (κ3) is 3.70. The van der Waals surface area contributed by atoms with Crippen LogP contribution in [-0.4, -0.2) is 40.7 Å². The molecule has 0 radical (unpaired) electrons. The van der Waals surface area contributed by atoms with E-state index in [0.29, 0.717) is 18.8 Å². The fourth-order valence-electron chi connectivity index (χ4n) is 2.49. The number of phenols is 1. The van der Waals surface area contributed by atoms with Crippen molar-refractivity contribution in [1.82, 2.24) is 4.90 Å². The molecule has 1 aromatic carbocycles. The minimum absolute atomic E-state index is 0.0876. The van der Waals surface area contributed by atoms with Gasteiger partial charge in [-0.3, -0.25) is 4.79 Å². The van der Waals surface area contributed by atoms with Crippen LogP contribution < -0.4 is 0 Å². The van der Waals surface area contributed by atoms with E-state index in [1.807, 2.05) is 12.1 Å². The number of aliphatic hydroxyl groups excluding tert-OH is 1. The largest absolute Gasteiger partial charge is 0.508 e. The molecule has 1 saturated carbocycles. The number of benzene rings is 1. The zero-order valence-corrected chi connectivity index (χ0v) is 11.2. The maximum Gasteiger partial charge on any atom is 0.222 e. The summed E-state index contributed by atoms with van der Waals surface area (Å²) in [5.74, 6) is 0.777. The molecule has 0 spiro atoms. The summed E-state index contributed by atoms with van der Waals surface area (Å²) in [6.45, 7) is 0.719. The summed E-state index contributed by atoms with van der Waals surface area (Å²) in [6.07, 6.45) is 2.40. The molecule has 4 nitrogen and oxygen atoms in total. The van der Waals surface area contributed by atoms with Crippen molar-refractivity contribution >= 4 is 5.91 Å². The summed E-state index contributed by atoms with van der Waals surface area (Å²) in [4.78, 5) is 13.7. The predicted octanol–water partition coefficient (Wildman–Crippen LogP) is 1.55. The molecule has 1 aliphatic carbocycles. The fourth-order valence-corrected chi connectivity index (χ4v) is 2.49. The van der Waals surface area contributed by atoms with E-state index in [2.05, 4.69) is 0 Å². The van der Waals surface area contributed by atoms with Crippen molar-refractivity contribution in [2.24, 2.45) is 5.92 Å². The summed E-state index contributed by atoms with van der Waals surface area (Å²) < 4.78 is 0. The Morgan fingerprint density at radius 3 is 2.68 bits per heavy atom. The number of nitrogens with zero attached hydrogens (tertiary/aromatic N) is 1. The van der Waals surface area contributed by atoms with Gasteiger partial charge in [-0.25, -0.2) is 0 Å². The van der Waals surface area contributed by atoms with Gasteiger partial charge in [0, 0.05) is 20.0 Å². The van der Waals surface area contributed by atoms with E-state index in [1.165, 1.54) is 0 Å². The second-order valence-corrected chi connectivity index (χ2v) is 5.39.